The molecule has 1 amide bonds. The Bertz CT molecular complexity index is 114. The lowest BCUT2D eigenvalue weighted by Crippen LogP contribution is -2.42. The van der Waals surface area contributed by atoms with Crippen LogP contribution in [0.4, 0.5) is 4.79 Å². The van der Waals surface area contributed by atoms with Gasteiger partial charge in [-0.3, -0.25) is 0 Å². The Labute approximate surface area is 60.4 Å². The third kappa shape index (κ3) is 3.29. The Morgan fingerprint density at radius 2 is 2.20 bits per heavy atom. The minimum Gasteiger partial charge on any atom is -0.465 e. The van der Waals surface area contributed by atoms with Crippen molar-refractivity contribution in [2.75, 3.05) is 6.54 Å². The Morgan fingerprint density at radius 3 is 2.30 bits per heavy atom. The van der Waals surface area contributed by atoms with Gasteiger partial charge < -0.3 is 16.2 Å². The molecule has 0 aliphatic heterocycles. The fourth-order valence-corrected chi connectivity index (χ4v) is 0.656. The van der Waals surface area contributed by atoms with Crippen LogP contribution in [0.3, 0.4) is 0 Å². The molecule has 1 atom stereocenters. The predicted octanol–water partition coefficient (Wildman–Crippen LogP) is 0.237. The molecule has 0 bridgehead atoms. The van der Waals surface area contributed by atoms with Gasteiger partial charge in [0, 0.05) is 12.6 Å². The first kappa shape index (κ1) is 9.23. The first-order chi connectivity index (χ1) is 4.57. The van der Waals surface area contributed by atoms with Crippen LogP contribution in [-0.2, 0) is 0 Å². The van der Waals surface area contributed by atoms with Crippen LogP contribution in [0.5, 0.6) is 0 Å². The maximum absolute atomic E-state index is 10.1. The Morgan fingerprint density at radius 1 is 1.70 bits per heavy atom. The zero-order valence-electron chi connectivity index (χ0n) is 6.29. The zero-order valence-corrected chi connectivity index (χ0v) is 6.29. The third-order valence-electron chi connectivity index (χ3n) is 1.37. The van der Waals surface area contributed by atoms with Gasteiger partial charge in [0.25, 0.3) is 0 Å². The molecule has 0 saturated carbocycles. The van der Waals surface area contributed by atoms with E-state index in [9.17, 15) is 4.79 Å². The van der Waals surface area contributed by atoms with Crippen LogP contribution in [0.2, 0.25) is 0 Å². The van der Waals surface area contributed by atoms with E-state index in [1.807, 2.05) is 13.8 Å². The largest absolute Gasteiger partial charge is 0.465 e. The Hall–Kier alpha value is -0.770. The van der Waals surface area contributed by atoms with Gasteiger partial charge in [-0.15, -0.1) is 0 Å². The van der Waals surface area contributed by atoms with Crippen LogP contribution in [0.25, 0.3) is 0 Å². The highest BCUT2D eigenvalue weighted by Crippen LogP contribution is 1.98. The molecule has 0 aromatic heterocycles. The lowest BCUT2D eigenvalue weighted by molar-refractivity contribution is 0.186. The van der Waals surface area contributed by atoms with Gasteiger partial charge in [0.15, 0.2) is 0 Å². The molecule has 0 unspecified atom stereocenters. The van der Waals surface area contributed by atoms with E-state index in [4.69, 9.17) is 10.8 Å². The van der Waals surface area contributed by atoms with Crippen molar-refractivity contribution in [3.63, 3.8) is 0 Å². The average molecular weight is 146 g/mol. The normalized spacial score (nSPS) is 13.2. The van der Waals surface area contributed by atoms with E-state index in [2.05, 4.69) is 5.32 Å². The van der Waals surface area contributed by atoms with Crippen molar-refractivity contribution in [2.24, 2.45) is 11.7 Å². The molecule has 0 aromatic rings. The molecular weight excluding hydrogens is 132 g/mol. The van der Waals surface area contributed by atoms with Gasteiger partial charge in [-0.25, -0.2) is 4.79 Å². The number of amides is 1. The smallest absolute Gasteiger partial charge is 0.404 e. The lowest BCUT2D eigenvalue weighted by atomic mass is 10.1. The minimum atomic E-state index is -1.01. The molecule has 0 spiro atoms. The van der Waals surface area contributed by atoms with Gasteiger partial charge in [0.2, 0.25) is 0 Å². The number of carbonyl (C=O) groups is 1. The summed E-state index contributed by atoms with van der Waals surface area (Å²) in [5, 5.41) is 10.6. The topological polar surface area (TPSA) is 75.3 Å². The van der Waals surface area contributed by atoms with Gasteiger partial charge in [-0.2, -0.15) is 0 Å². The number of rotatable bonds is 3. The van der Waals surface area contributed by atoms with Crippen molar-refractivity contribution >= 4 is 6.09 Å². The first-order valence-electron chi connectivity index (χ1n) is 3.27. The predicted molar refractivity (Wildman–Crippen MR) is 38.8 cm³/mol. The summed E-state index contributed by atoms with van der Waals surface area (Å²) in [6, 6.07) is -0.127. The van der Waals surface area contributed by atoms with Gasteiger partial charge >= 0.3 is 6.09 Å². The van der Waals surface area contributed by atoms with Gasteiger partial charge in [-0.05, 0) is 5.92 Å². The first-order valence-corrected chi connectivity index (χ1v) is 3.27. The molecule has 0 aromatic carbocycles. The van der Waals surface area contributed by atoms with Crippen LogP contribution in [0.15, 0.2) is 0 Å². The number of hydrogen-bond acceptors (Lipinski definition) is 2. The quantitative estimate of drug-likeness (QED) is 0.533. The maximum atomic E-state index is 10.1. The summed E-state index contributed by atoms with van der Waals surface area (Å²) in [5.74, 6) is 0.251. The molecule has 10 heavy (non-hydrogen) atoms. The maximum Gasteiger partial charge on any atom is 0.404 e. The number of carboxylic acid groups (broad SMARTS) is 1. The molecule has 4 N–H and O–H groups in total. The van der Waals surface area contributed by atoms with Gasteiger partial charge in [-0.1, -0.05) is 13.8 Å². The van der Waals surface area contributed by atoms with E-state index < -0.39 is 6.09 Å². The van der Waals surface area contributed by atoms with E-state index in [1.54, 1.807) is 0 Å². The fourth-order valence-electron chi connectivity index (χ4n) is 0.656. The molecular formula is C6H14N2O2. The summed E-state index contributed by atoms with van der Waals surface area (Å²) in [6.07, 6.45) is -1.01. The average Bonchev–Trinajstić information content (AvgIpc) is 1.81. The molecule has 4 heteroatoms. The van der Waals surface area contributed by atoms with Crippen LogP contribution in [0, 0.1) is 5.92 Å². The Balaban J connectivity index is 3.71. The van der Waals surface area contributed by atoms with Crippen molar-refractivity contribution in [1.82, 2.24) is 5.32 Å². The van der Waals surface area contributed by atoms with Crippen molar-refractivity contribution in [1.29, 1.82) is 0 Å². The van der Waals surface area contributed by atoms with Crippen molar-refractivity contribution < 1.29 is 9.90 Å². The second-order valence-electron chi connectivity index (χ2n) is 2.54. The molecule has 4 nitrogen and oxygen atoms in total. The summed E-state index contributed by atoms with van der Waals surface area (Å²) >= 11 is 0. The van der Waals surface area contributed by atoms with Gasteiger partial charge in [0.1, 0.15) is 0 Å². The molecule has 60 valence electrons. The van der Waals surface area contributed by atoms with Crippen molar-refractivity contribution in [3.05, 3.63) is 0 Å². The molecule has 0 rings (SSSR count). The monoisotopic (exact) mass is 146 g/mol. The van der Waals surface area contributed by atoms with Crippen LogP contribution < -0.4 is 11.1 Å². The van der Waals surface area contributed by atoms with Crippen molar-refractivity contribution in [3.8, 4) is 0 Å². The zero-order chi connectivity index (χ0) is 8.15. The second-order valence-corrected chi connectivity index (χ2v) is 2.54. The van der Waals surface area contributed by atoms with E-state index in [0.29, 0.717) is 6.54 Å². The summed E-state index contributed by atoms with van der Waals surface area (Å²) in [7, 11) is 0. The highest BCUT2D eigenvalue weighted by Gasteiger charge is 2.12. The molecule has 0 heterocycles. The minimum absolute atomic E-state index is 0.127. The van der Waals surface area contributed by atoms with E-state index >= 15 is 0 Å². The van der Waals surface area contributed by atoms with Crippen LogP contribution in [0.1, 0.15) is 13.8 Å². The highest BCUT2D eigenvalue weighted by atomic mass is 16.4. The van der Waals surface area contributed by atoms with Crippen LogP contribution >= 0.6 is 0 Å². The van der Waals surface area contributed by atoms with Gasteiger partial charge in [0.05, 0.1) is 0 Å². The van der Waals surface area contributed by atoms with E-state index in [0.717, 1.165) is 0 Å². The summed E-state index contributed by atoms with van der Waals surface area (Å²) in [4.78, 5) is 10.1. The summed E-state index contributed by atoms with van der Waals surface area (Å²) in [6.45, 7) is 4.20. The molecule has 0 aliphatic carbocycles. The fraction of sp³-hybridized carbons (Fsp3) is 0.833. The molecule has 0 saturated heterocycles. The Kier molecular flexibility index (Phi) is 3.79. The third-order valence-corrected chi connectivity index (χ3v) is 1.37. The second kappa shape index (κ2) is 4.11. The van der Waals surface area contributed by atoms with Crippen molar-refractivity contribution in [2.45, 2.75) is 19.9 Å². The number of nitrogens with one attached hydrogen (secondary N) is 1. The summed E-state index contributed by atoms with van der Waals surface area (Å²) < 4.78 is 0. The lowest BCUT2D eigenvalue weighted by Gasteiger charge is -2.17. The SMILES string of the molecule is CC(C)[C@@H](CN)NC(=O)O. The standard InChI is InChI=1S/C6H14N2O2/c1-4(2)5(3-7)8-6(9)10/h4-5,8H,3,7H2,1-2H3,(H,9,10)/t5-/m1/s1. The van der Waals surface area contributed by atoms with Crippen LogP contribution in [-0.4, -0.2) is 23.8 Å². The highest BCUT2D eigenvalue weighted by molar-refractivity contribution is 5.64. The van der Waals surface area contributed by atoms with E-state index in [1.165, 1.54) is 0 Å². The number of nitrogens with two attached hydrogens (primary N) is 1. The summed E-state index contributed by atoms with van der Waals surface area (Å²) in [5.41, 5.74) is 5.30. The molecule has 0 fully saturated rings. The van der Waals surface area contributed by atoms with E-state index in [-0.39, 0.29) is 12.0 Å². The number of hydrogen-bond donors (Lipinski definition) is 3. The molecule has 0 radical (unpaired) electrons. The molecule has 0 aliphatic rings.